The van der Waals surface area contributed by atoms with Crippen molar-refractivity contribution in [3.63, 3.8) is 0 Å². The average molecular weight is 223 g/mol. The molecular weight excluding hydrogens is 212 g/mol. The van der Waals surface area contributed by atoms with Crippen LogP contribution in [0.4, 0.5) is 5.82 Å². The lowest BCUT2D eigenvalue weighted by Gasteiger charge is -2.06. The zero-order chi connectivity index (χ0) is 10.7. The van der Waals surface area contributed by atoms with Crippen LogP contribution in [0.15, 0.2) is 30.6 Å². The molecule has 2 rings (SSSR count). The first kappa shape index (κ1) is 9.98. The molecule has 0 amide bonds. The Morgan fingerprint density at radius 3 is 2.93 bits per heavy atom. The van der Waals surface area contributed by atoms with Crippen LogP contribution in [0.3, 0.4) is 0 Å². The number of pyridine rings is 1. The Bertz CT molecular complexity index is 452. The van der Waals surface area contributed by atoms with Crippen molar-refractivity contribution < 1.29 is 0 Å². The summed E-state index contributed by atoms with van der Waals surface area (Å²) in [5.74, 6) is 0.954. The van der Waals surface area contributed by atoms with Gasteiger partial charge in [-0.15, -0.1) is 0 Å². The minimum absolute atomic E-state index is 0.534. The van der Waals surface area contributed by atoms with Crippen molar-refractivity contribution in [2.24, 2.45) is 7.05 Å². The lowest BCUT2D eigenvalue weighted by Crippen LogP contribution is -2.05. The molecule has 4 nitrogen and oxygen atoms in total. The van der Waals surface area contributed by atoms with Gasteiger partial charge in [0.15, 0.2) is 0 Å². The van der Waals surface area contributed by atoms with Gasteiger partial charge >= 0.3 is 0 Å². The Labute approximate surface area is 92.9 Å². The minimum Gasteiger partial charge on any atom is -0.366 e. The van der Waals surface area contributed by atoms with E-state index >= 15 is 0 Å². The van der Waals surface area contributed by atoms with E-state index in [1.54, 1.807) is 17.1 Å². The first-order chi connectivity index (χ1) is 7.27. The predicted octanol–water partition coefficient (Wildman–Crippen LogP) is 2.08. The molecule has 5 heteroatoms. The molecule has 0 saturated heterocycles. The van der Waals surface area contributed by atoms with Crippen molar-refractivity contribution in [2.45, 2.75) is 6.54 Å². The van der Waals surface area contributed by atoms with Gasteiger partial charge in [0, 0.05) is 31.4 Å². The second-order valence-electron chi connectivity index (χ2n) is 3.15. The van der Waals surface area contributed by atoms with E-state index in [1.165, 1.54) is 0 Å². The highest BCUT2D eigenvalue weighted by atomic mass is 35.5. The third-order valence-corrected chi connectivity index (χ3v) is 2.46. The fourth-order valence-electron chi connectivity index (χ4n) is 1.28. The number of aryl methyl sites for hydroxylation is 1. The normalized spacial score (nSPS) is 10.3. The minimum atomic E-state index is 0.534. The van der Waals surface area contributed by atoms with E-state index in [0.29, 0.717) is 11.7 Å². The van der Waals surface area contributed by atoms with E-state index in [2.05, 4.69) is 15.4 Å². The van der Waals surface area contributed by atoms with Gasteiger partial charge in [-0.2, -0.15) is 5.10 Å². The summed E-state index contributed by atoms with van der Waals surface area (Å²) in [5.41, 5.74) is 0.973. The molecular formula is C10H11ClN4. The Kier molecular flexibility index (Phi) is 2.87. The standard InChI is InChI=1S/C10H11ClN4/c1-15-9(4-6-14-15)13-7-8-3-2-5-12-10(8)11/h2-6,13H,7H2,1H3. The third kappa shape index (κ3) is 2.27. The molecule has 1 N–H and O–H groups in total. The number of halogens is 1. The smallest absolute Gasteiger partial charge is 0.133 e. The summed E-state index contributed by atoms with van der Waals surface area (Å²) in [5, 5.41) is 7.82. The van der Waals surface area contributed by atoms with Gasteiger partial charge in [0.25, 0.3) is 0 Å². The molecule has 15 heavy (non-hydrogen) atoms. The highest BCUT2D eigenvalue weighted by Crippen LogP contribution is 2.13. The van der Waals surface area contributed by atoms with Crippen LogP contribution in [0, 0.1) is 0 Å². The molecule has 0 atom stereocenters. The first-order valence-electron chi connectivity index (χ1n) is 4.58. The highest BCUT2D eigenvalue weighted by Gasteiger charge is 2.01. The fraction of sp³-hybridized carbons (Fsp3) is 0.200. The summed E-state index contributed by atoms with van der Waals surface area (Å²) >= 11 is 5.93. The van der Waals surface area contributed by atoms with Gasteiger partial charge in [-0.25, -0.2) is 4.98 Å². The molecule has 0 aromatic carbocycles. The largest absolute Gasteiger partial charge is 0.366 e. The fourth-order valence-corrected chi connectivity index (χ4v) is 1.47. The zero-order valence-electron chi connectivity index (χ0n) is 8.31. The van der Waals surface area contributed by atoms with Crippen LogP contribution in [-0.4, -0.2) is 14.8 Å². The Morgan fingerprint density at radius 1 is 1.40 bits per heavy atom. The Balaban J connectivity index is 2.06. The summed E-state index contributed by atoms with van der Waals surface area (Å²) in [6, 6.07) is 5.72. The highest BCUT2D eigenvalue weighted by molar-refractivity contribution is 6.30. The third-order valence-electron chi connectivity index (χ3n) is 2.12. The van der Waals surface area contributed by atoms with E-state index in [9.17, 15) is 0 Å². The van der Waals surface area contributed by atoms with Crippen LogP contribution in [0.1, 0.15) is 5.56 Å². The van der Waals surface area contributed by atoms with Crippen molar-refractivity contribution in [1.29, 1.82) is 0 Å². The molecule has 0 aliphatic heterocycles. The predicted molar refractivity (Wildman–Crippen MR) is 59.8 cm³/mol. The maximum Gasteiger partial charge on any atom is 0.133 e. The van der Waals surface area contributed by atoms with Crippen molar-refractivity contribution in [2.75, 3.05) is 5.32 Å². The molecule has 0 unspecified atom stereocenters. The van der Waals surface area contributed by atoms with Gasteiger partial charge < -0.3 is 5.32 Å². The van der Waals surface area contributed by atoms with Crippen LogP contribution in [0.25, 0.3) is 0 Å². The van der Waals surface area contributed by atoms with E-state index in [1.807, 2.05) is 25.2 Å². The number of hydrogen-bond acceptors (Lipinski definition) is 3. The molecule has 0 aliphatic rings. The number of aromatic nitrogens is 3. The number of nitrogens with zero attached hydrogens (tertiary/aromatic N) is 3. The molecule has 2 heterocycles. The lowest BCUT2D eigenvalue weighted by atomic mass is 10.3. The molecule has 2 aromatic rings. The van der Waals surface area contributed by atoms with Gasteiger partial charge in [0.2, 0.25) is 0 Å². The zero-order valence-corrected chi connectivity index (χ0v) is 9.07. The Hall–Kier alpha value is -1.55. The van der Waals surface area contributed by atoms with E-state index < -0.39 is 0 Å². The lowest BCUT2D eigenvalue weighted by molar-refractivity contribution is 0.768. The Morgan fingerprint density at radius 2 is 2.27 bits per heavy atom. The number of nitrogens with one attached hydrogen (secondary N) is 1. The summed E-state index contributed by atoms with van der Waals surface area (Å²) in [6.45, 7) is 0.645. The van der Waals surface area contributed by atoms with Crippen molar-refractivity contribution in [3.05, 3.63) is 41.3 Å². The molecule has 2 aromatic heterocycles. The number of rotatable bonds is 3. The maximum atomic E-state index is 5.93. The average Bonchev–Trinajstić information content (AvgIpc) is 2.63. The van der Waals surface area contributed by atoms with Crippen molar-refractivity contribution in [1.82, 2.24) is 14.8 Å². The molecule has 78 valence electrons. The summed E-state index contributed by atoms with van der Waals surface area (Å²) in [6.07, 6.45) is 3.42. The summed E-state index contributed by atoms with van der Waals surface area (Å²) in [4.78, 5) is 4.00. The number of anilines is 1. The van der Waals surface area contributed by atoms with Gasteiger partial charge in [0.05, 0.1) is 6.20 Å². The molecule has 0 saturated carbocycles. The molecule has 0 fully saturated rings. The van der Waals surface area contributed by atoms with Gasteiger partial charge in [-0.1, -0.05) is 17.7 Å². The second kappa shape index (κ2) is 4.31. The van der Waals surface area contributed by atoms with Crippen LogP contribution < -0.4 is 5.32 Å². The SMILES string of the molecule is Cn1nccc1NCc1cccnc1Cl. The van der Waals surface area contributed by atoms with E-state index in [4.69, 9.17) is 11.6 Å². The summed E-state index contributed by atoms with van der Waals surface area (Å²) < 4.78 is 1.77. The molecule has 0 bridgehead atoms. The van der Waals surface area contributed by atoms with Gasteiger partial charge in [-0.3, -0.25) is 4.68 Å². The van der Waals surface area contributed by atoms with Crippen LogP contribution >= 0.6 is 11.6 Å². The maximum absolute atomic E-state index is 5.93. The van der Waals surface area contributed by atoms with Crippen LogP contribution in [0.2, 0.25) is 5.15 Å². The van der Waals surface area contributed by atoms with Crippen LogP contribution in [-0.2, 0) is 13.6 Å². The van der Waals surface area contributed by atoms with Crippen molar-refractivity contribution in [3.8, 4) is 0 Å². The number of hydrogen-bond donors (Lipinski definition) is 1. The second-order valence-corrected chi connectivity index (χ2v) is 3.50. The van der Waals surface area contributed by atoms with Crippen LogP contribution in [0.5, 0.6) is 0 Å². The molecule has 0 spiro atoms. The van der Waals surface area contributed by atoms with E-state index in [0.717, 1.165) is 11.4 Å². The molecule has 0 aliphatic carbocycles. The molecule has 0 radical (unpaired) electrons. The van der Waals surface area contributed by atoms with E-state index in [-0.39, 0.29) is 0 Å². The quantitative estimate of drug-likeness (QED) is 0.809. The summed E-state index contributed by atoms with van der Waals surface area (Å²) in [7, 11) is 1.88. The van der Waals surface area contributed by atoms with Gasteiger partial charge in [-0.05, 0) is 6.07 Å². The first-order valence-corrected chi connectivity index (χ1v) is 4.96. The van der Waals surface area contributed by atoms with Crippen molar-refractivity contribution >= 4 is 17.4 Å². The topological polar surface area (TPSA) is 42.7 Å². The monoisotopic (exact) mass is 222 g/mol. The van der Waals surface area contributed by atoms with Gasteiger partial charge in [0.1, 0.15) is 11.0 Å².